The molecule has 178 valence electrons. The summed E-state index contributed by atoms with van der Waals surface area (Å²) in [5.74, 6) is -0.697. The Kier molecular flexibility index (Phi) is 10.1. The van der Waals surface area contributed by atoms with Crippen molar-refractivity contribution in [2.24, 2.45) is 0 Å². The molecule has 0 bridgehead atoms. The minimum absolute atomic E-state index is 0. The van der Waals surface area contributed by atoms with E-state index >= 15 is 0 Å². The predicted molar refractivity (Wildman–Crippen MR) is 129 cm³/mol. The minimum atomic E-state index is -4.08. The van der Waals surface area contributed by atoms with Crippen molar-refractivity contribution < 1.29 is 60.1 Å². The van der Waals surface area contributed by atoms with Crippen molar-refractivity contribution in [1.29, 1.82) is 0 Å². The summed E-state index contributed by atoms with van der Waals surface area (Å²) < 4.78 is 65.5. The van der Waals surface area contributed by atoms with E-state index in [-0.39, 0.29) is 53.9 Å². The van der Waals surface area contributed by atoms with Crippen LogP contribution in [0.5, 0.6) is 0 Å². The third-order valence-corrected chi connectivity index (χ3v) is 7.38. The van der Waals surface area contributed by atoms with Gasteiger partial charge < -0.3 is 5.32 Å². The summed E-state index contributed by atoms with van der Waals surface area (Å²) in [6.07, 6.45) is 4.65. The van der Waals surface area contributed by atoms with E-state index in [0.717, 1.165) is 22.6 Å². The first-order valence-corrected chi connectivity index (χ1v) is 13.8. The Hall–Kier alpha value is -1.53. The summed E-state index contributed by atoms with van der Waals surface area (Å²) in [7, 11) is -8.17. The third kappa shape index (κ3) is 7.74. The fourth-order valence-corrected chi connectivity index (χ4v) is 5.29. The van der Waals surface area contributed by atoms with Crippen LogP contribution in [0.3, 0.4) is 0 Å². The number of rotatable bonds is 11. The van der Waals surface area contributed by atoms with Crippen LogP contribution in [0.4, 0.5) is 11.4 Å². The molecule has 0 aliphatic carbocycles. The second-order valence-corrected chi connectivity index (χ2v) is 11.4. The number of allylic oxidation sites excluding steroid dienone is 1. The van der Waals surface area contributed by atoms with E-state index in [9.17, 15) is 21.4 Å². The van der Waals surface area contributed by atoms with E-state index in [4.69, 9.17) is 4.55 Å². The molecule has 2 aromatic carbocycles. The number of hydrogen-bond acceptors (Lipinski definition) is 5. The summed E-state index contributed by atoms with van der Waals surface area (Å²) in [6.45, 7) is 2.37. The van der Waals surface area contributed by atoms with Crippen molar-refractivity contribution >= 4 is 37.3 Å². The molecule has 1 heterocycles. The molecule has 0 amide bonds. The molecule has 0 radical (unpaired) electrons. The van der Waals surface area contributed by atoms with Crippen LogP contribution in [-0.2, 0) is 25.7 Å². The van der Waals surface area contributed by atoms with Crippen LogP contribution in [0, 0.1) is 0 Å². The van der Waals surface area contributed by atoms with Crippen molar-refractivity contribution in [3.63, 3.8) is 0 Å². The normalized spacial score (nSPS) is 18.1. The van der Waals surface area contributed by atoms with Gasteiger partial charge >= 0.3 is 29.6 Å². The molecule has 0 fully saturated rings. The first-order chi connectivity index (χ1) is 15.5. The van der Waals surface area contributed by atoms with Gasteiger partial charge in [-0.1, -0.05) is 36.4 Å². The smallest absolute Gasteiger partial charge is 0.361 e. The number of nitrogens with zero attached hydrogens (tertiary/aromatic N) is 1. The van der Waals surface area contributed by atoms with Crippen LogP contribution in [-0.4, -0.2) is 54.3 Å². The van der Waals surface area contributed by atoms with Crippen molar-refractivity contribution in [3.05, 3.63) is 72.4 Å². The van der Waals surface area contributed by atoms with Gasteiger partial charge in [-0.15, -0.1) is 0 Å². The molecular formula is C23H29N2NaO6S2+2. The quantitative estimate of drug-likeness (QED) is 0.227. The van der Waals surface area contributed by atoms with E-state index in [0.29, 0.717) is 13.0 Å². The first kappa shape index (κ1) is 28.7. The Labute approximate surface area is 223 Å². The second kappa shape index (κ2) is 11.9. The Morgan fingerprint density at radius 3 is 2.15 bits per heavy atom. The topological polar surface area (TPSA) is 124 Å². The van der Waals surface area contributed by atoms with Crippen molar-refractivity contribution in [2.45, 2.75) is 31.6 Å². The third-order valence-electron chi connectivity index (χ3n) is 5.77. The average Bonchev–Trinajstić information content (AvgIpc) is 2.96. The van der Waals surface area contributed by atoms with E-state index in [2.05, 4.69) is 5.32 Å². The van der Waals surface area contributed by atoms with Crippen molar-refractivity contribution in [1.82, 2.24) is 0 Å². The summed E-state index contributed by atoms with van der Waals surface area (Å²) in [6, 6.07) is 17.3. The van der Waals surface area contributed by atoms with Crippen LogP contribution in [0.15, 0.2) is 66.9 Å². The maximum Gasteiger partial charge on any atom is 1.00 e. The molecule has 3 rings (SSSR count). The zero-order chi connectivity index (χ0) is 24.1. The SMILES string of the molecule is CC1(CCCS(=O)(=O)O)C(C=CNc2ccccc2)=[N+](CCCS(=O)(=O)O)c2ccccc21.[Na+]. The van der Waals surface area contributed by atoms with Crippen LogP contribution < -0.4 is 34.9 Å². The van der Waals surface area contributed by atoms with Crippen molar-refractivity contribution in [3.8, 4) is 0 Å². The van der Waals surface area contributed by atoms with Gasteiger partial charge in [0.1, 0.15) is 6.54 Å². The summed E-state index contributed by atoms with van der Waals surface area (Å²) in [4.78, 5) is 0. The molecule has 0 saturated carbocycles. The van der Waals surface area contributed by atoms with E-state index in [1.807, 2.05) is 72.2 Å². The molecule has 2 aromatic rings. The van der Waals surface area contributed by atoms with Gasteiger partial charge in [0.05, 0.1) is 16.9 Å². The van der Waals surface area contributed by atoms with Gasteiger partial charge in [0.25, 0.3) is 20.2 Å². The van der Waals surface area contributed by atoms with Crippen LogP contribution >= 0.6 is 0 Å². The van der Waals surface area contributed by atoms with Gasteiger partial charge in [-0.05, 0) is 31.9 Å². The number of nitrogens with one attached hydrogen (secondary N) is 1. The van der Waals surface area contributed by atoms with Crippen molar-refractivity contribution in [2.75, 3.05) is 23.4 Å². The number of para-hydroxylation sites is 2. The van der Waals surface area contributed by atoms with Crippen LogP contribution in [0.2, 0.25) is 0 Å². The standard InChI is InChI=1S/C23H28N2O6S2.Na/c1-23(14-7-17-32(26,27)28)20-11-5-6-12-21(20)25(16-8-18-33(29,30)31)22(23)13-15-24-19-9-3-2-4-10-19;/h2-6,9-13,15H,7-8,14,16-18H2,1H3,(H2,26,27,28,29,30,31);/q;+1/p+1. The van der Waals surface area contributed by atoms with E-state index in [1.165, 1.54) is 0 Å². The van der Waals surface area contributed by atoms with Gasteiger partial charge in [-0.3, -0.25) is 9.11 Å². The number of fused-ring (bicyclic) bond motifs is 1. The summed E-state index contributed by atoms with van der Waals surface area (Å²) in [5, 5.41) is 3.22. The summed E-state index contributed by atoms with van der Waals surface area (Å²) in [5.41, 5.74) is 3.11. The molecule has 1 aliphatic heterocycles. The van der Waals surface area contributed by atoms with Crippen LogP contribution in [0.1, 0.15) is 31.7 Å². The van der Waals surface area contributed by atoms with Crippen LogP contribution in [0.25, 0.3) is 0 Å². The second-order valence-electron chi connectivity index (χ2n) is 8.26. The molecule has 34 heavy (non-hydrogen) atoms. The molecule has 1 unspecified atom stereocenters. The fourth-order valence-electron chi connectivity index (χ4n) is 4.28. The van der Waals surface area contributed by atoms with Gasteiger partial charge in [-0.2, -0.15) is 21.4 Å². The molecular weight excluding hydrogens is 487 g/mol. The monoisotopic (exact) mass is 516 g/mol. The molecule has 0 spiro atoms. The molecule has 3 N–H and O–H groups in total. The molecule has 0 aromatic heterocycles. The maximum absolute atomic E-state index is 11.3. The molecule has 1 aliphatic rings. The fraction of sp³-hybridized carbons (Fsp3) is 0.348. The largest absolute Gasteiger partial charge is 1.00 e. The predicted octanol–water partition coefficient (Wildman–Crippen LogP) is 0.619. The van der Waals surface area contributed by atoms with Gasteiger partial charge in [-0.25, -0.2) is 0 Å². The molecule has 11 heteroatoms. The number of hydrogen-bond donors (Lipinski definition) is 3. The maximum atomic E-state index is 11.3. The molecule has 8 nitrogen and oxygen atoms in total. The summed E-state index contributed by atoms with van der Waals surface area (Å²) >= 11 is 0. The zero-order valence-electron chi connectivity index (χ0n) is 19.4. The van der Waals surface area contributed by atoms with E-state index < -0.39 is 25.7 Å². The first-order valence-electron chi connectivity index (χ1n) is 10.6. The van der Waals surface area contributed by atoms with Gasteiger partial charge in [0, 0.05) is 36.0 Å². The number of anilines is 1. The minimum Gasteiger partial charge on any atom is -0.361 e. The van der Waals surface area contributed by atoms with E-state index in [1.54, 1.807) is 6.20 Å². The van der Waals surface area contributed by atoms with Gasteiger partial charge in [0.15, 0.2) is 5.71 Å². The average molecular weight is 517 g/mol. The molecule has 1 atom stereocenters. The number of benzene rings is 2. The Balaban J connectivity index is 0.00000408. The Morgan fingerprint density at radius 1 is 0.912 bits per heavy atom. The zero-order valence-corrected chi connectivity index (χ0v) is 23.0. The van der Waals surface area contributed by atoms with Gasteiger partial charge in [0.2, 0.25) is 5.69 Å². The Bertz CT molecular complexity index is 1260. The Morgan fingerprint density at radius 2 is 1.50 bits per heavy atom. The molecule has 0 saturated heterocycles.